The standard InChI is InChI=1S/C15H22F2N2O4/c1-23-4-2-3-18-9-14(20)13(19-15(21)22)7-10-5-11(16)8-12(17)6-10/h5-6,8,13-14,18-20H,2-4,7,9H2,1H3,(H,21,22)/t13-,14+/m0/s1. The van der Waals surface area contributed by atoms with Crippen molar-refractivity contribution in [2.75, 3.05) is 26.8 Å². The molecule has 4 N–H and O–H groups in total. The molecule has 1 aromatic carbocycles. The van der Waals surface area contributed by atoms with E-state index in [4.69, 9.17) is 9.84 Å². The number of amides is 1. The summed E-state index contributed by atoms with van der Waals surface area (Å²) < 4.78 is 31.3. The first-order valence-electron chi connectivity index (χ1n) is 7.24. The van der Waals surface area contributed by atoms with Crippen LogP contribution in [-0.2, 0) is 11.2 Å². The van der Waals surface area contributed by atoms with Crippen molar-refractivity contribution in [1.82, 2.24) is 10.6 Å². The minimum Gasteiger partial charge on any atom is -0.465 e. The zero-order chi connectivity index (χ0) is 17.2. The lowest BCUT2D eigenvalue weighted by molar-refractivity contribution is 0.116. The minimum absolute atomic E-state index is 0.0259. The molecule has 0 unspecified atom stereocenters. The Morgan fingerprint density at radius 3 is 2.52 bits per heavy atom. The van der Waals surface area contributed by atoms with Gasteiger partial charge in [0.15, 0.2) is 0 Å². The van der Waals surface area contributed by atoms with Gasteiger partial charge in [0.2, 0.25) is 0 Å². The fourth-order valence-corrected chi connectivity index (χ4v) is 2.16. The molecule has 0 spiro atoms. The average Bonchev–Trinajstić information content (AvgIpc) is 2.44. The highest BCUT2D eigenvalue weighted by molar-refractivity contribution is 5.65. The lowest BCUT2D eigenvalue weighted by atomic mass is 10.0. The Hall–Kier alpha value is -1.77. The monoisotopic (exact) mass is 332 g/mol. The Labute approximate surface area is 133 Å². The van der Waals surface area contributed by atoms with Crippen LogP contribution in [0.5, 0.6) is 0 Å². The maximum Gasteiger partial charge on any atom is 0.404 e. The number of methoxy groups -OCH3 is 1. The van der Waals surface area contributed by atoms with Gasteiger partial charge in [0.25, 0.3) is 0 Å². The second-order valence-corrected chi connectivity index (χ2v) is 5.16. The Morgan fingerprint density at radius 2 is 1.96 bits per heavy atom. The van der Waals surface area contributed by atoms with Crippen molar-refractivity contribution in [3.05, 3.63) is 35.4 Å². The van der Waals surface area contributed by atoms with Crippen LogP contribution in [-0.4, -0.2) is 55.3 Å². The summed E-state index contributed by atoms with van der Waals surface area (Å²) in [6.07, 6.45) is -1.64. The van der Waals surface area contributed by atoms with Gasteiger partial charge in [-0.1, -0.05) is 0 Å². The van der Waals surface area contributed by atoms with Gasteiger partial charge in [0.05, 0.1) is 12.1 Å². The molecule has 0 radical (unpaired) electrons. The number of hydrogen-bond acceptors (Lipinski definition) is 4. The molecule has 0 aliphatic rings. The van der Waals surface area contributed by atoms with Crippen molar-refractivity contribution in [2.45, 2.75) is 25.0 Å². The van der Waals surface area contributed by atoms with Gasteiger partial charge >= 0.3 is 6.09 Å². The van der Waals surface area contributed by atoms with E-state index < -0.39 is 29.9 Å². The maximum atomic E-state index is 13.2. The number of ether oxygens (including phenoxy) is 1. The summed E-state index contributed by atoms with van der Waals surface area (Å²) in [5, 5.41) is 24.1. The van der Waals surface area contributed by atoms with Gasteiger partial charge in [-0.15, -0.1) is 0 Å². The van der Waals surface area contributed by atoms with Crippen LogP contribution < -0.4 is 10.6 Å². The Kier molecular flexibility index (Phi) is 8.46. The van der Waals surface area contributed by atoms with Crippen LogP contribution in [0.4, 0.5) is 13.6 Å². The van der Waals surface area contributed by atoms with Crippen LogP contribution >= 0.6 is 0 Å². The normalized spacial score (nSPS) is 13.6. The van der Waals surface area contributed by atoms with E-state index in [1.54, 1.807) is 7.11 Å². The summed E-state index contributed by atoms with van der Waals surface area (Å²) in [5.74, 6) is -1.50. The van der Waals surface area contributed by atoms with Crippen LogP contribution in [0, 0.1) is 11.6 Å². The number of halogens is 2. The Bertz CT molecular complexity index is 482. The molecular weight excluding hydrogens is 310 g/mol. The molecule has 1 aromatic rings. The summed E-state index contributed by atoms with van der Waals surface area (Å²) in [6.45, 7) is 1.31. The quantitative estimate of drug-likeness (QED) is 0.482. The van der Waals surface area contributed by atoms with E-state index in [1.807, 2.05) is 0 Å². The second-order valence-electron chi connectivity index (χ2n) is 5.16. The number of carbonyl (C=O) groups is 1. The molecule has 6 nitrogen and oxygen atoms in total. The predicted molar refractivity (Wildman–Crippen MR) is 80.4 cm³/mol. The fourth-order valence-electron chi connectivity index (χ4n) is 2.16. The van der Waals surface area contributed by atoms with Crippen LogP contribution in [0.25, 0.3) is 0 Å². The number of nitrogens with one attached hydrogen (secondary N) is 2. The summed E-state index contributed by atoms with van der Waals surface area (Å²) in [7, 11) is 1.58. The van der Waals surface area contributed by atoms with Gasteiger partial charge in [0.1, 0.15) is 11.6 Å². The third-order valence-corrected chi connectivity index (χ3v) is 3.21. The molecule has 0 saturated carbocycles. The van der Waals surface area contributed by atoms with Gasteiger partial charge in [-0.3, -0.25) is 0 Å². The van der Waals surface area contributed by atoms with Crippen molar-refractivity contribution in [2.24, 2.45) is 0 Å². The highest BCUT2D eigenvalue weighted by atomic mass is 19.1. The molecule has 23 heavy (non-hydrogen) atoms. The number of hydrogen-bond donors (Lipinski definition) is 4. The summed E-state index contributed by atoms with van der Waals surface area (Å²) in [6, 6.07) is 2.07. The number of carboxylic acid groups (broad SMARTS) is 1. The smallest absolute Gasteiger partial charge is 0.404 e. The molecule has 0 heterocycles. The number of benzene rings is 1. The number of rotatable bonds is 10. The molecule has 1 rings (SSSR count). The van der Waals surface area contributed by atoms with E-state index in [0.717, 1.165) is 24.6 Å². The van der Waals surface area contributed by atoms with Crippen LogP contribution in [0.15, 0.2) is 18.2 Å². The van der Waals surface area contributed by atoms with Crippen molar-refractivity contribution >= 4 is 6.09 Å². The Balaban J connectivity index is 2.61. The van der Waals surface area contributed by atoms with Gasteiger partial charge in [0, 0.05) is 26.3 Å². The van der Waals surface area contributed by atoms with Crippen molar-refractivity contribution < 1.29 is 28.5 Å². The first-order chi connectivity index (χ1) is 10.9. The second kappa shape index (κ2) is 10.1. The van der Waals surface area contributed by atoms with Crippen molar-refractivity contribution in [1.29, 1.82) is 0 Å². The molecule has 8 heteroatoms. The molecule has 1 amide bonds. The molecule has 0 bridgehead atoms. The lowest BCUT2D eigenvalue weighted by Gasteiger charge is -2.23. The molecule has 0 aliphatic carbocycles. The minimum atomic E-state index is -1.31. The summed E-state index contributed by atoms with van der Waals surface area (Å²) in [5.41, 5.74) is 0.264. The zero-order valence-electron chi connectivity index (χ0n) is 12.9. The molecule has 130 valence electrons. The largest absolute Gasteiger partial charge is 0.465 e. The first-order valence-corrected chi connectivity index (χ1v) is 7.24. The average molecular weight is 332 g/mol. The topological polar surface area (TPSA) is 90.8 Å². The van der Waals surface area contributed by atoms with E-state index in [1.165, 1.54) is 0 Å². The van der Waals surface area contributed by atoms with Crippen molar-refractivity contribution in [3.63, 3.8) is 0 Å². The maximum absolute atomic E-state index is 13.2. The summed E-state index contributed by atoms with van der Waals surface area (Å²) >= 11 is 0. The van der Waals surface area contributed by atoms with E-state index in [0.29, 0.717) is 13.2 Å². The molecule has 2 atom stereocenters. The highest BCUT2D eigenvalue weighted by Gasteiger charge is 2.22. The van der Waals surface area contributed by atoms with Gasteiger partial charge in [-0.2, -0.15) is 0 Å². The molecule has 0 aliphatic heterocycles. The van der Waals surface area contributed by atoms with Crippen LogP contribution in [0.1, 0.15) is 12.0 Å². The van der Waals surface area contributed by atoms with Crippen molar-refractivity contribution in [3.8, 4) is 0 Å². The predicted octanol–water partition coefficient (Wildman–Crippen LogP) is 1.13. The number of aliphatic hydroxyl groups excluding tert-OH is 1. The fraction of sp³-hybridized carbons (Fsp3) is 0.533. The molecule has 0 saturated heterocycles. The Morgan fingerprint density at radius 1 is 1.30 bits per heavy atom. The summed E-state index contributed by atoms with van der Waals surface area (Å²) in [4.78, 5) is 10.8. The molecule has 0 aromatic heterocycles. The van der Waals surface area contributed by atoms with E-state index in [9.17, 15) is 18.7 Å². The number of aliphatic hydroxyl groups is 1. The zero-order valence-corrected chi connectivity index (χ0v) is 12.9. The van der Waals surface area contributed by atoms with Gasteiger partial charge in [-0.25, -0.2) is 13.6 Å². The SMILES string of the molecule is COCCCNC[C@@H](O)[C@H](Cc1cc(F)cc(F)c1)NC(=O)O. The molecular formula is C15H22F2N2O4. The van der Waals surface area contributed by atoms with E-state index in [2.05, 4.69) is 10.6 Å². The van der Waals surface area contributed by atoms with E-state index in [-0.39, 0.29) is 18.5 Å². The lowest BCUT2D eigenvalue weighted by Crippen LogP contribution is -2.48. The van der Waals surface area contributed by atoms with Crippen LogP contribution in [0.3, 0.4) is 0 Å². The van der Waals surface area contributed by atoms with Gasteiger partial charge in [-0.05, 0) is 37.1 Å². The molecule has 0 fully saturated rings. The third kappa shape index (κ3) is 7.87. The van der Waals surface area contributed by atoms with Crippen LogP contribution in [0.2, 0.25) is 0 Å². The highest BCUT2D eigenvalue weighted by Crippen LogP contribution is 2.11. The third-order valence-electron chi connectivity index (χ3n) is 3.21. The van der Waals surface area contributed by atoms with E-state index >= 15 is 0 Å². The first kappa shape index (κ1) is 19.3. The van der Waals surface area contributed by atoms with Gasteiger partial charge < -0.3 is 25.6 Å².